The van der Waals surface area contributed by atoms with E-state index >= 15 is 0 Å². The van der Waals surface area contributed by atoms with E-state index in [4.69, 9.17) is 11.6 Å². The summed E-state index contributed by atoms with van der Waals surface area (Å²) in [4.78, 5) is 40.0. The van der Waals surface area contributed by atoms with Crippen molar-refractivity contribution in [3.05, 3.63) is 51.2 Å². The van der Waals surface area contributed by atoms with Crippen molar-refractivity contribution in [3.8, 4) is 0 Å². The van der Waals surface area contributed by atoms with Crippen LogP contribution >= 0.6 is 22.9 Å². The SMILES string of the molecule is CCS(=O)(=O)N1CC(NC(=O)c2ccc(N3CCCCC3=O)cc2)C(NC(=O)c2ccc(Cl)s2)C1. The number of thiophene rings is 1. The maximum Gasteiger partial charge on any atom is 0.261 e. The topological polar surface area (TPSA) is 116 Å². The monoisotopic (exact) mass is 538 g/mol. The quantitative estimate of drug-likeness (QED) is 0.562. The summed E-state index contributed by atoms with van der Waals surface area (Å²) in [5.74, 6) is -0.772. The van der Waals surface area contributed by atoms with Crippen molar-refractivity contribution in [2.24, 2.45) is 0 Å². The fourth-order valence-electron chi connectivity index (χ4n) is 4.27. The molecular weight excluding hydrogens is 512 g/mol. The van der Waals surface area contributed by atoms with Gasteiger partial charge in [-0.1, -0.05) is 11.6 Å². The second-order valence-corrected chi connectivity index (χ2v) is 12.5. The molecule has 3 heterocycles. The zero-order chi connectivity index (χ0) is 25.2. The maximum absolute atomic E-state index is 13.0. The molecule has 2 aliphatic heterocycles. The molecule has 4 rings (SSSR count). The van der Waals surface area contributed by atoms with E-state index in [9.17, 15) is 22.8 Å². The summed E-state index contributed by atoms with van der Waals surface area (Å²) in [6.45, 7) is 2.32. The van der Waals surface area contributed by atoms with Gasteiger partial charge in [-0.2, -0.15) is 4.31 Å². The Morgan fingerprint density at radius 3 is 2.26 bits per heavy atom. The van der Waals surface area contributed by atoms with Crippen LogP contribution in [0.2, 0.25) is 4.34 Å². The summed E-state index contributed by atoms with van der Waals surface area (Å²) in [6, 6.07) is 8.74. The molecule has 1 aromatic heterocycles. The standard InChI is InChI=1S/C23H27ClN4O5S2/c1-2-35(32,33)27-13-17(18(14-27)26-23(31)19-10-11-20(24)34-19)25-22(30)15-6-8-16(9-7-15)28-12-4-3-5-21(28)29/h6-11,17-18H,2-5,12-14H2,1H3,(H,25,30)(H,26,31). The van der Waals surface area contributed by atoms with E-state index in [0.29, 0.717) is 27.7 Å². The smallest absolute Gasteiger partial charge is 0.261 e. The highest BCUT2D eigenvalue weighted by atomic mass is 35.5. The number of anilines is 1. The zero-order valence-corrected chi connectivity index (χ0v) is 21.6. The lowest BCUT2D eigenvalue weighted by Crippen LogP contribution is -2.50. The van der Waals surface area contributed by atoms with Crippen LogP contribution in [0.1, 0.15) is 46.2 Å². The van der Waals surface area contributed by atoms with Gasteiger partial charge >= 0.3 is 0 Å². The third kappa shape index (κ3) is 5.85. The Morgan fingerprint density at radius 1 is 1.03 bits per heavy atom. The molecule has 2 saturated heterocycles. The van der Waals surface area contributed by atoms with Crippen molar-refractivity contribution >= 4 is 56.4 Å². The largest absolute Gasteiger partial charge is 0.346 e. The van der Waals surface area contributed by atoms with Crippen LogP contribution in [-0.4, -0.2) is 67.9 Å². The summed E-state index contributed by atoms with van der Waals surface area (Å²) in [5, 5.41) is 5.72. The molecule has 9 nitrogen and oxygen atoms in total. The Bertz CT molecular complexity index is 1210. The number of carbonyl (C=O) groups excluding carboxylic acids is 3. The van der Waals surface area contributed by atoms with Gasteiger partial charge in [0.25, 0.3) is 11.8 Å². The van der Waals surface area contributed by atoms with Crippen LogP contribution in [-0.2, 0) is 14.8 Å². The van der Waals surface area contributed by atoms with E-state index in [0.717, 1.165) is 29.9 Å². The van der Waals surface area contributed by atoms with Crippen molar-refractivity contribution < 1.29 is 22.8 Å². The lowest BCUT2D eigenvalue weighted by molar-refractivity contribution is -0.119. The van der Waals surface area contributed by atoms with Gasteiger partial charge in [0.1, 0.15) is 0 Å². The molecule has 0 radical (unpaired) electrons. The summed E-state index contributed by atoms with van der Waals surface area (Å²) >= 11 is 7.05. The van der Waals surface area contributed by atoms with E-state index < -0.39 is 22.1 Å². The predicted molar refractivity (Wildman–Crippen MR) is 136 cm³/mol. The Hall–Kier alpha value is -2.47. The summed E-state index contributed by atoms with van der Waals surface area (Å²) in [5.41, 5.74) is 1.12. The van der Waals surface area contributed by atoms with Crippen molar-refractivity contribution in [2.75, 3.05) is 30.3 Å². The van der Waals surface area contributed by atoms with E-state index in [-0.39, 0.29) is 36.6 Å². The minimum absolute atomic E-state index is 0.0540. The number of rotatable bonds is 7. The second kappa shape index (κ2) is 10.7. The zero-order valence-electron chi connectivity index (χ0n) is 19.2. The number of halogens is 1. The number of nitrogens with zero attached hydrogens (tertiary/aromatic N) is 2. The first-order valence-corrected chi connectivity index (χ1v) is 14.2. The van der Waals surface area contributed by atoms with Gasteiger partial charge < -0.3 is 15.5 Å². The van der Waals surface area contributed by atoms with Gasteiger partial charge in [0.05, 0.1) is 27.1 Å². The first-order valence-electron chi connectivity index (χ1n) is 11.4. The van der Waals surface area contributed by atoms with Crippen molar-refractivity contribution in [1.29, 1.82) is 0 Å². The number of benzene rings is 1. The van der Waals surface area contributed by atoms with Crippen LogP contribution in [0.25, 0.3) is 0 Å². The van der Waals surface area contributed by atoms with Gasteiger partial charge in [-0.25, -0.2) is 8.42 Å². The third-order valence-corrected chi connectivity index (χ3v) is 9.28. The highest BCUT2D eigenvalue weighted by molar-refractivity contribution is 7.89. The Kier molecular flexibility index (Phi) is 7.80. The normalized spacial score (nSPS) is 21.2. The maximum atomic E-state index is 13.0. The van der Waals surface area contributed by atoms with Gasteiger partial charge in [0.2, 0.25) is 15.9 Å². The minimum atomic E-state index is -3.51. The molecule has 2 atom stereocenters. The molecule has 2 fully saturated rings. The highest BCUT2D eigenvalue weighted by Gasteiger charge is 2.40. The van der Waals surface area contributed by atoms with Crippen molar-refractivity contribution in [2.45, 2.75) is 38.3 Å². The molecule has 12 heteroatoms. The van der Waals surface area contributed by atoms with Crippen LogP contribution < -0.4 is 15.5 Å². The van der Waals surface area contributed by atoms with Crippen LogP contribution in [0.15, 0.2) is 36.4 Å². The second-order valence-electron chi connectivity index (χ2n) is 8.53. The molecule has 0 saturated carbocycles. The lowest BCUT2D eigenvalue weighted by Gasteiger charge is -2.27. The molecule has 0 spiro atoms. The predicted octanol–water partition coefficient (Wildman–Crippen LogP) is 2.48. The lowest BCUT2D eigenvalue weighted by atomic mass is 10.1. The molecule has 2 aromatic rings. The molecule has 0 aliphatic carbocycles. The van der Waals surface area contributed by atoms with Crippen LogP contribution in [0.5, 0.6) is 0 Å². The number of carbonyl (C=O) groups is 3. The van der Waals surface area contributed by atoms with Gasteiger partial charge in [-0.3, -0.25) is 14.4 Å². The first kappa shape index (κ1) is 25.6. The van der Waals surface area contributed by atoms with E-state index in [1.165, 1.54) is 4.31 Å². The molecule has 2 aliphatic rings. The van der Waals surface area contributed by atoms with E-state index in [1.807, 2.05) is 0 Å². The van der Waals surface area contributed by atoms with Crippen molar-refractivity contribution in [1.82, 2.24) is 14.9 Å². The molecular formula is C23H27ClN4O5S2. The average molecular weight is 539 g/mol. The summed E-state index contributed by atoms with van der Waals surface area (Å²) in [7, 11) is -3.51. The van der Waals surface area contributed by atoms with Gasteiger partial charge in [0, 0.05) is 37.3 Å². The molecule has 1 aromatic carbocycles. The van der Waals surface area contributed by atoms with E-state index in [1.54, 1.807) is 48.2 Å². The van der Waals surface area contributed by atoms with Crippen LogP contribution in [0, 0.1) is 0 Å². The number of nitrogens with one attached hydrogen (secondary N) is 2. The summed E-state index contributed by atoms with van der Waals surface area (Å²) in [6.07, 6.45) is 2.35. The fraction of sp³-hybridized carbons (Fsp3) is 0.435. The van der Waals surface area contributed by atoms with E-state index in [2.05, 4.69) is 10.6 Å². The highest BCUT2D eigenvalue weighted by Crippen LogP contribution is 2.24. The molecule has 188 valence electrons. The number of hydrogen-bond donors (Lipinski definition) is 2. The first-order chi connectivity index (χ1) is 16.7. The average Bonchev–Trinajstić information content (AvgIpc) is 3.46. The Morgan fingerprint density at radius 2 is 1.69 bits per heavy atom. The molecule has 0 bridgehead atoms. The Labute approximate surface area is 213 Å². The van der Waals surface area contributed by atoms with Gasteiger partial charge in [-0.15, -0.1) is 11.3 Å². The Balaban J connectivity index is 1.47. The molecule has 2 unspecified atom stereocenters. The van der Waals surface area contributed by atoms with Gasteiger partial charge in [-0.05, 0) is 56.2 Å². The van der Waals surface area contributed by atoms with Gasteiger partial charge in [0.15, 0.2) is 0 Å². The third-order valence-electron chi connectivity index (χ3n) is 6.24. The molecule has 35 heavy (non-hydrogen) atoms. The molecule has 3 amide bonds. The van der Waals surface area contributed by atoms with Crippen molar-refractivity contribution in [3.63, 3.8) is 0 Å². The fourth-order valence-corrected chi connectivity index (χ4v) is 6.36. The minimum Gasteiger partial charge on any atom is -0.346 e. The number of piperidine rings is 1. The number of hydrogen-bond acceptors (Lipinski definition) is 6. The number of amides is 3. The number of sulfonamides is 1. The molecule has 2 N–H and O–H groups in total. The van der Waals surface area contributed by atoms with Crippen LogP contribution in [0.4, 0.5) is 5.69 Å². The van der Waals surface area contributed by atoms with Crippen LogP contribution in [0.3, 0.4) is 0 Å². The summed E-state index contributed by atoms with van der Waals surface area (Å²) < 4.78 is 26.7.